The Morgan fingerprint density at radius 3 is 2.62 bits per heavy atom. The minimum atomic E-state index is 0.0435. The average molecular weight is 308 g/mol. The maximum atomic E-state index is 12.5. The molecule has 4 nitrogen and oxygen atoms in total. The van der Waals surface area contributed by atoms with Crippen LogP contribution in [0.3, 0.4) is 0 Å². The van der Waals surface area contributed by atoms with E-state index in [1.54, 1.807) is 12.3 Å². The molecule has 0 radical (unpaired) electrons. The van der Waals surface area contributed by atoms with Gasteiger partial charge in [0.15, 0.2) is 0 Å². The van der Waals surface area contributed by atoms with Crippen LogP contribution in [0.4, 0.5) is 0 Å². The molecule has 0 aliphatic carbocycles. The molecule has 0 spiro atoms. The van der Waals surface area contributed by atoms with E-state index in [0.29, 0.717) is 10.6 Å². The van der Waals surface area contributed by atoms with Crippen LogP contribution in [-0.2, 0) is 0 Å². The van der Waals surface area contributed by atoms with E-state index in [0.717, 1.165) is 31.8 Å². The Labute approximate surface area is 131 Å². The monoisotopic (exact) mass is 307 g/mol. The SMILES string of the molecule is O=C(c1ccncc1Cl)N1CCC(CN2CCCC2)CC1. The number of amides is 1. The molecule has 0 aromatic carbocycles. The number of piperidine rings is 1. The molecule has 2 aliphatic heterocycles. The molecule has 114 valence electrons. The zero-order chi connectivity index (χ0) is 14.7. The van der Waals surface area contributed by atoms with E-state index in [1.165, 1.54) is 38.7 Å². The number of pyridine rings is 1. The fourth-order valence-electron chi connectivity index (χ4n) is 3.37. The first kappa shape index (κ1) is 14.8. The smallest absolute Gasteiger partial charge is 0.255 e. The number of halogens is 1. The predicted molar refractivity (Wildman–Crippen MR) is 83.5 cm³/mol. The van der Waals surface area contributed by atoms with Crippen LogP contribution in [-0.4, -0.2) is 53.4 Å². The van der Waals surface area contributed by atoms with Gasteiger partial charge in [0.05, 0.1) is 10.6 Å². The zero-order valence-corrected chi connectivity index (χ0v) is 13.1. The van der Waals surface area contributed by atoms with Gasteiger partial charge < -0.3 is 9.80 Å². The third kappa shape index (κ3) is 3.55. The fourth-order valence-corrected chi connectivity index (χ4v) is 3.57. The van der Waals surface area contributed by atoms with E-state index < -0.39 is 0 Å². The van der Waals surface area contributed by atoms with E-state index in [1.807, 2.05) is 4.90 Å². The highest BCUT2D eigenvalue weighted by Gasteiger charge is 2.26. The van der Waals surface area contributed by atoms with Crippen molar-refractivity contribution in [3.05, 3.63) is 29.0 Å². The second-order valence-electron chi connectivity index (χ2n) is 6.10. The molecule has 5 heteroatoms. The summed E-state index contributed by atoms with van der Waals surface area (Å²) in [6, 6.07) is 1.71. The standard InChI is InChI=1S/C16H22ClN3O/c17-15-11-18-6-3-14(15)16(21)20-9-4-13(5-10-20)12-19-7-1-2-8-19/h3,6,11,13H,1-2,4-5,7-10,12H2. The fraction of sp³-hybridized carbons (Fsp3) is 0.625. The quantitative estimate of drug-likeness (QED) is 0.861. The lowest BCUT2D eigenvalue weighted by Gasteiger charge is -2.34. The molecule has 0 N–H and O–H groups in total. The molecule has 2 saturated heterocycles. The van der Waals surface area contributed by atoms with E-state index in [4.69, 9.17) is 11.6 Å². The van der Waals surface area contributed by atoms with Gasteiger partial charge in [-0.25, -0.2) is 0 Å². The first-order valence-electron chi connectivity index (χ1n) is 7.85. The number of nitrogens with zero attached hydrogens (tertiary/aromatic N) is 3. The topological polar surface area (TPSA) is 36.4 Å². The molecule has 1 amide bonds. The second kappa shape index (κ2) is 6.75. The zero-order valence-electron chi connectivity index (χ0n) is 12.3. The highest BCUT2D eigenvalue weighted by molar-refractivity contribution is 6.33. The highest BCUT2D eigenvalue weighted by atomic mass is 35.5. The molecule has 0 unspecified atom stereocenters. The third-order valence-corrected chi connectivity index (χ3v) is 4.92. The predicted octanol–water partition coefficient (Wildman–Crippen LogP) is 2.68. The Bertz CT molecular complexity index is 494. The molecule has 2 aliphatic rings. The first-order valence-corrected chi connectivity index (χ1v) is 8.23. The third-order valence-electron chi connectivity index (χ3n) is 4.62. The summed E-state index contributed by atoms with van der Waals surface area (Å²) < 4.78 is 0. The maximum absolute atomic E-state index is 12.5. The van der Waals surface area contributed by atoms with Crippen LogP contribution < -0.4 is 0 Å². The van der Waals surface area contributed by atoms with Gasteiger partial charge in [0.1, 0.15) is 0 Å². The summed E-state index contributed by atoms with van der Waals surface area (Å²) in [4.78, 5) is 20.9. The van der Waals surface area contributed by atoms with Gasteiger partial charge in [0.2, 0.25) is 0 Å². The summed E-state index contributed by atoms with van der Waals surface area (Å²) in [5, 5.41) is 0.446. The highest BCUT2D eigenvalue weighted by Crippen LogP contribution is 2.23. The van der Waals surface area contributed by atoms with Crippen molar-refractivity contribution in [1.82, 2.24) is 14.8 Å². The van der Waals surface area contributed by atoms with Crippen LogP contribution in [0.2, 0.25) is 5.02 Å². The number of aromatic nitrogens is 1. The van der Waals surface area contributed by atoms with Crippen molar-refractivity contribution in [2.75, 3.05) is 32.7 Å². The molecule has 0 saturated carbocycles. The largest absolute Gasteiger partial charge is 0.339 e. The maximum Gasteiger partial charge on any atom is 0.255 e. The summed E-state index contributed by atoms with van der Waals surface area (Å²) in [5.41, 5.74) is 0.574. The van der Waals surface area contributed by atoms with Gasteiger partial charge in [-0.05, 0) is 50.8 Å². The van der Waals surface area contributed by atoms with Crippen LogP contribution in [0, 0.1) is 5.92 Å². The number of carbonyl (C=O) groups excluding carboxylic acids is 1. The minimum Gasteiger partial charge on any atom is -0.339 e. The summed E-state index contributed by atoms with van der Waals surface area (Å²) in [5.74, 6) is 0.780. The van der Waals surface area contributed by atoms with E-state index in [2.05, 4.69) is 9.88 Å². The van der Waals surface area contributed by atoms with Gasteiger partial charge in [-0.3, -0.25) is 9.78 Å². The van der Waals surface area contributed by atoms with Gasteiger partial charge in [-0.15, -0.1) is 0 Å². The normalized spacial score (nSPS) is 20.9. The van der Waals surface area contributed by atoms with Crippen LogP contribution in [0.15, 0.2) is 18.5 Å². The Balaban J connectivity index is 1.53. The molecular formula is C16H22ClN3O. The number of hydrogen-bond donors (Lipinski definition) is 0. The van der Waals surface area contributed by atoms with Crippen molar-refractivity contribution in [3.63, 3.8) is 0 Å². The Morgan fingerprint density at radius 2 is 1.95 bits per heavy atom. The van der Waals surface area contributed by atoms with Gasteiger partial charge in [-0.2, -0.15) is 0 Å². The first-order chi connectivity index (χ1) is 10.2. The molecule has 3 heterocycles. The summed E-state index contributed by atoms with van der Waals surface area (Å²) in [7, 11) is 0. The molecule has 1 aromatic rings. The summed E-state index contributed by atoms with van der Waals surface area (Å²) in [6.07, 6.45) is 8.06. The number of hydrogen-bond acceptors (Lipinski definition) is 3. The van der Waals surface area contributed by atoms with E-state index in [-0.39, 0.29) is 5.91 Å². The van der Waals surface area contributed by atoms with E-state index in [9.17, 15) is 4.79 Å². The number of carbonyl (C=O) groups is 1. The Hall–Kier alpha value is -1.13. The molecular weight excluding hydrogens is 286 g/mol. The average Bonchev–Trinajstić information content (AvgIpc) is 3.01. The van der Waals surface area contributed by atoms with Crippen LogP contribution in [0.5, 0.6) is 0 Å². The molecule has 0 atom stereocenters. The minimum absolute atomic E-state index is 0.0435. The molecule has 2 fully saturated rings. The van der Waals surface area contributed by atoms with Gasteiger partial charge in [0, 0.05) is 32.0 Å². The molecule has 3 rings (SSSR count). The van der Waals surface area contributed by atoms with Crippen molar-refractivity contribution in [2.45, 2.75) is 25.7 Å². The van der Waals surface area contributed by atoms with Crippen molar-refractivity contribution in [1.29, 1.82) is 0 Å². The van der Waals surface area contributed by atoms with Crippen molar-refractivity contribution in [3.8, 4) is 0 Å². The van der Waals surface area contributed by atoms with E-state index >= 15 is 0 Å². The van der Waals surface area contributed by atoms with Gasteiger partial charge in [-0.1, -0.05) is 11.6 Å². The van der Waals surface area contributed by atoms with Crippen LogP contribution in [0.1, 0.15) is 36.0 Å². The molecule has 0 bridgehead atoms. The van der Waals surface area contributed by atoms with Crippen molar-refractivity contribution < 1.29 is 4.79 Å². The van der Waals surface area contributed by atoms with Gasteiger partial charge >= 0.3 is 0 Å². The van der Waals surface area contributed by atoms with Crippen molar-refractivity contribution >= 4 is 17.5 Å². The summed E-state index contributed by atoms with van der Waals surface area (Å²) in [6.45, 7) is 5.40. The van der Waals surface area contributed by atoms with Gasteiger partial charge in [0.25, 0.3) is 5.91 Å². The second-order valence-corrected chi connectivity index (χ2v) is 6.51. The lowest BCUT2D eigenvalue weighted by Crippen LogP contribution is -2.41. The van der Waals surface area contributed by atoms with Crippen LogP contribution in [0.25, 0.3) is 0 Å². The Morgan fingerprint density at radius 1 is 1.24 bits per heavy atom. The number of rotatable bonds is 3. The lowest BCUT2D eigenvalue weighted by atomic mass is 9.96. The van der Waals surface area contributed by atoms with Crippen LogP contribution >= 0.6 is 11.6 Å². The molecule has 1 aromatic heterocycles. The lowest BCUT2D eigenvalue weighted by molar-refractivity contribution is 0.0673. The number of likely N-dealkylation sites (tertiary alicyclic amines) is 2. The van der Waals surface area contributed by atoms with Crippen molar-refractivity contribution in [2.24, 2.45) is 5.92 Å². The summed E-state index contributed by atoms with van der Waals surface area (Å²) >= 11 is 6.06. The Kier molecular flexibility index (Phi) is 4.76. The molecule has 21 heavy (non-hydrogen) atoms.